The summed E-state index contributed by atoms with van der Waals surface area (Å²) in [4.78, 5) is 16.9. The van der Waals surface area contributed by atoms with E-state index in [-0.39, 0.29) is 11.9 Å². The quantitative estimate of drug-likeness (QED) is 0.909. The fourth-order valence-corrected chi connectivity index (χ4v) is 3.22. The summed E-state index contributed by atoms with van der Waals surface area (Å²) in [7, 11) is 0. The molecule has 0 aliphatic heterocycles. The first-order valence-corrected chi connectivity index (χ1v) is 7.64. The van der Waals surface area contributed by atoms with Gasteiger partial charge in [-0.3, -0.25) is 9.78 Å². The highest BCUT2D eigenvalue weighted by molar-refractivity contribution is 6.06. The van der Waals surface area contributed by atoms with Crippen molar-refractivity contribution in [3.63, 3.8) is 0 Å². The van der Waals surface area contributed by atoms with Crippen molar-refractivity contribution in [1.29, 1.82) is 0 Å². The lowest BCUT2D eigenvalue weighted by molar-refractivity contribution is 0.0909. The number of rotatable bonds is 3. The summed E-state index contributed by atoms with van der Waals surface area (Å²) in [5.41, 5.74) is 7.38. The largest absolute Gasteiger partial charge is 0.349 e. The molecule has 1 aromatic heterocycles. The first kappa shape index (κ1) is 14.0. The number of aromatic nitrogens is 1. The van der Waals surface area contributed by atoms with E-state index < -0.39 is 0 Å². The Bertz CT molecular complexity index is 635. The Balaban J connectivity index is 1.84. The number of amides is 1. The van der Waals surface area contributed by atoms with Gasteiger partial charge in [-0.25, -0.2) is 0 Å². The van der Waals surface area contributed by atoms with E-state index in [2.05, 4.69) is 10.3 Å². The first-order chi connectivity index (χ1) is 10.3. The molecule has 2 unspecified atom stereocenters. The molecular weight excluding hydrogens is 262 g/mol. The lowest BCUT2D eigenvalue weighted by Crippen LogP contribution is -2.44. The van der Waals surface area contributed by atoms with Crippen LogP contribution in [0.3, 0.4) is 0 Å². The van der Waals surface area contributed by atoms with Gasteiger partial charge in [-0.1, -0.05) is 31.0 Å². The van der Waals surface area contributed by atoms with Crippen LogP contribution in [0.1, 0.15) is 36.0 Å². The molecule has 110 valence electrons. The smallest absolute Gasteiger partial charge is 0.252 e. The molecule has 21 heavy (non-hydrogen) atoms. The third kappa shape index (κ3) is 2.90. The van der Waals surface area contributed by atoms with Gasteiger partial charge in [0.05, 0.1) is 11.1 Å². The van der Waals surface area contributed by atoms with Crippen LogP contribution in [-0.2, 0) is 0 Å². The van der Waals surface area contributed by atoms with Crippen molar-refractivity contribution < 1.29 is 4.79 Å². The fourth-order valence-electron chi connectivity index (χ4n) is 3.22. The van der Waals surface area contributed by atoms with Crippen molar-refractivity contribution in [2.24, 2.45) is 11.7 Å². The van der Waals surface area contributed by atoms with Crippen LogP contribution in [0.2, 0.25) is 0 Å². The average molecular weight is 283 g/mol. The SMILES string of the molecule is NCC1CCCCC1NC(=O)c1ccnc2ccccc12. The topological polar surface area (TPSA) is 68.0 Å². The molecule has 2 atom stereocenters. The highest BCUT2D eigenvalue weighted by atomic mass is 16.1. The van der Waals surface area contributed by atoms with E-state index in [9.17, 15) is 4.79 Å². The van der Waals surface area contributed by atoms with Crippen LogP contribution in [-0.4, -0.2) is 23.5 Å². The Morgan fingerprint density at radius 3 is 2.90 bits per heavy atom. The third-order valence-corrected chi connectivity index (χ3v) is 4.42. The van der Waals surface area contributed by atoms with Gasteiger partial charge in [0.2, 0.25) is 0 Å². The zero-order chi connectivity index (χ0) is 14.7. The van der Waals surface area contributed by atoms with Crippen molar-refractivity contribution in [3.8, 4) is 0 Å². The number of nitrogens with zero attached hydrogens (tertiary/aromatic N) is 1. The van der Waals surface area contributed by atoms with Crippen LogP contribution in [0.25, 0.3) is 10.9 Å². The summed E-state index contributed by atoms with van der Waals surface area (Å²) in [6.45, 7) is 0.641. The number of pyridine rings is 1. The average Bonchev–Trinajstić information content (AvgIpc) is 2.54. The number of nitrogens with one attached hydrogen (secondary N) is 1. The number of para-hydroxylation sites is 1. The van der Waals surface area contributed by atoms with Crippen LogP contribution in [0.4, 0.5) is 0 Å². The molecule has 1 fully saturated rings. The van der Waals surface area contributed by atoms with Crippen molar-refractivity contribution in [2.75, 3.05) is 6.54 Å². The number of benzene rings is 1. The van der Waals surface area contributed by atoms with Gasteiger partial charge in [-0.2, -0.15) is 0 Å². The van der Waals surface area contributed by atoms with Crippen LogP contribution in [0.5, 0.6) is 0 Å². The Labute approximate surface area is 124 Å². The van der Waals surface area contributed by atoms with Crippen LogP contribution >= 0.6 is 0 Å². The van der Waals surface area contributed by atoms with Gasteiger partial charge in [0.25, 0.3) is 5.91 Å². The van der Waals surface area contributed by atoms with E-state index in [0.717, 1.165) is 23.7 Å². The summed E-state index contributed by atoms with van der Waals surface area (Å²) in [6.07, 6.45) is 6.21. The maximum Gasteiger partial charge on any atom is 0.252 e. The van der Waals surface area contributed by atoms with Gasteiger partial charge in [0.15, 0.2) is 0 Å². The van der Waals surface area contributed by atoms with Crippen LogP contribution in [0.15, 0.2) is 36.5 Å². The number of carbonyl (C=O) groups is 1. The molecule has 0 saturated heterocycles. The van der Waals surface area contributed by atoms with Gasteiger partial charge in [0.1, 0.15) is 0 Å². The normalized spacial score (nSPS) is 22.1. The van der Waals surface area contributed by atoms with E-state index in [0.29, 0.717) is 18.0 Å². The minimum Gasteiger partial charge on any atom is -0.349 e. The van der Waals surface area contributed by atoms with E-state index >= 15 is 0 Å². The molecule has 1 heterocycles. The monoisotopic (exact) mass is 283 g/mol. The lowest BCUT2D eigenvalue weighted by atomic mass is 9.84. The summed E-state index contributed by atoms with van der Waals surface area (Å²) in [6, 6.07) is 9.72. The Hall–Kier alpha value is -1.94. The van der Waals surface area contributed by atoms with E-state index in [1.165, 1.54) is 12.8 Å². The number of fused-ring (bicyclic) bond motifs is 1. The Morgan fingerprint density at radius 2 is 2.05 bits per heavy atom. The highest BCUT2D eigenvalue weighted by Crippen LogP contribution is 2.24. The van der Waals surface area contributed by atoms with Gasteiger partial charge in [0, 0.05) is 17.6 Å². The lowest BCUT2D eigenvalue weighted by Gasteiger charge is -2.31. The van der Waals surface area contributed by atoms with E-state index in [1.807, 2.05) is 24.3 Å². The summed E-state index contributed by atoms with van der Waals surface area (Å²) in [5, 5.41) is 4.08. The second-order valence-electron chi connectivity index (χ2n) is 5.74. The molecule has 2 aromatic rings. The molecule has 4 heteroatoms. The predicted molar refractivity (Wildman–Crippen MR) is 84.0 cm³/mol. The van der Waals surface area contributed by atoms with Gasteiger partial charge in [-0.05, 0) is 37.4 Å². The number of hydrogen-bond donors (Lipinski definition) is 2. The highest BCUT2D eigenvalue weighted by Gasteiger charge is 2.26. The van der Waals surface area contributed by atoms with Crippen molar-refractivity contribution in [2.45, 2.75) is 31.7 Å². The third-order valence-electron chi connectivity index (χ3n) is 4.42. The Kier molecular flexibility index (Phi) is 4.15. The minimum absolute atomic E-state index is 0.0149. The molecule has 1 aliphatic carbocycles. The molecule has 1 aliphatic rings. The molecule has 3 rings (SSSR count). The second kappa shape index (κ2) is 6.22. The van der Waals surface area contributed by atoms with Crippen LogP contribution in [0, 0.1) is 5.92 Å². The number of nitrogens with two attached hydrogens (primary N) is 1. The number of carbonyl (C=O) groups excluding carboxylic acids is 1. The van der Waals surface area contributed by atoms with Crippen molar-refractivity contribution in [1.82, 2.24) is 10.3 Å². The molecule has 1 amide bonds. The zero-order valence-electron chi connectivity index (χ0n) is 12.1. The van der Waals surface area contributed by atoms with Gasteiger partial charge in [-0.15, -0.1) is 0 Å². The zero-order valence-corrected chi connectivity index (χ0v) is 12.1. The molecule has 0 radical (unpaired) electrons. The molecule has 4 nitrogen and oxygen atoms in total. The fraction of sp³-hybridized carbons (Fsp3) is 0.412. The van der Waals surface area contributed by atoms with E-state index in [1.54, 1.807) is 12.3 Å². The molecule has 1 saturated carbocycles. The maximum atomic E-state index is 12.6. The van der Waals surface area contributed by atoms with Gasteiger partial charge < -0.3 is 11.1 Å². The minimum atomic E-state index is -0.0149. The molecular formula is C17H21N3O. The molecule has 3 N–H and O–H groups in total. The summed E-state index contributed by atoms with van der Waals surface area (Å²) < 4.78 is 0. The second-order valence-corrected chi connectivity index (χ2v) is 5.74. The summed E-state index contributed by atoms with van der Waals surface area (Å²) >= 11 is 0. The van der Waals surface area contributed by atoms with Crippen molar-refractivity contribution in [3.05, 3.63) is 42.1 Å². The summed E-state index contributed by atoms with van der Waals surface area (Å²) in [5.74, 6) is 0.384. The standard InChI is InChI=1S/C17H21N3O/c18-11-12-5-1-3-7-15(12)20-17(21)14-9-10-19-16-8-4-2-6-13(14)16/h2,4,6,8-10,12,15H,1,3,5,7,11,18H2,(H,20,21). The van der Waals surface area contributed by atoms with Crippen LogP contribution < -0.4 is 11.1 Å². The Morgan fingerprint density at radius 1 is 1.24 bits per heavy atom. The first-order valence-electron chi connectivity index (χ1n) is 7.64. The molecule has 1 aromatic carbocycles. The van der Waals surface area contributed by atoms with Gasteiger partial charge >= 0.3 is 0 Å². The molecule has 0 bridgehead atoms. The number of hydrogen-bond acceptors (Lipinski definition) is 3. The molecule has 0 spiro atoms. The van der Waals surface area contributed by atoms with E-state index in [4.69, 9.17) is 5.73 Å². The maximum absolute atomic E-state index is 12.6. The predicted octanol–water partition coefficient (Wildman–Crippen LogP) is 2.48. The van der Waals surface area contributed by atoms with Crippen molar-refractivity contribution >= 4 is 16.8 Å².